The van der Waals surface area contributed by atoms with Crippen molar-refractivity contribution in [3.8, 4) is 23.5 Å². The highest BCUT2D eigenvalue weighted by atomic mass is 32.1. The molecule has 250 valence electrons. The van der Waals surface area contributed by atoms with E-state index in [0.29, 0.717) is 71.8 Å². The number of likely N-dealkylation sites (tertiary alicyclic amines) is 1. The van der Waals surface area contributed by atoms with Crippen LogP contribution in [0.15, 0.2) is 28.8 Å². The number of methoxy groups -OCH3 is 1. The van der Waals surface area contributed by atoms with Gasteiger partial charge in [0.25, 0.3) is 0 Å². The van der Waals surface area contributed by atoms with Crippen LogP contribution in [-0.2, 0) is 21.4 Å². The molecule has 2 aliphatic heterocycles. The molecule has 2 N–H and O–H groups in total. The Bertz CT molecular complexity index is 1680. The standard InChI is InChI=1S/C34H44N8O4S/c1-21-20-41(30(43)11-8-16-44-5)14-15-42(21)28-18-29(45-22(2)25-9-7-13-40(25)4)38-33(37-28)24-17-27(46-39-24)34(3)12-6-10-26-31(34)23(19-35)32(36)47-26/h8,11,17-18,21-22,25H,6-7,9-10,12-16,20,36H2,1-5H3/b11-8+/t21-,22+,25?,34-/m1/s1. The number of aryl methyl sites for hydroxylation is 1. The number of nitrogens with zero attached hydrogens (tertiary/aromatic N) is 7. The Labute approximate surface area is 280 Å². The summed E-state index contributed by atoms with van der Waals surface area (Å²) in [7, 11) is 3.74. The van der Waals surface area contributed by atoms with Crippen LogP contribution in [-0.4, -0.2) is 96.0 Å². The van der Waals surface area contributed by atoms with E-state index >= 15 is 0 Å². The van der Waals surface area contributed by atoms with E-state index in [9.17, 15) is 10.1 Å². The van der Waals surface area contributed by atoms with E-state index in [1.807, 2.05) is 17.0 Å². The summed E-state index contributed by atoms with van der Waals surface area (Å²) in [6.07, 6.45) is 8.09. The maximum absolute atomic E-state index is 12.8. The summed E-state index contributed by atoms with van der Waals surface area (Å²) in [6, 6.07) is 6.41. The van der Waals surface area contributed by atoms with Crippen molar-refractivity contribution in [1.29, 1.82) is 5.26 Å². The molecule has 3 aromatic heterocycles. The highest BCUT2D eigenvalue weighted by molar-refractivity contribution is 7.16. The number of amides is 1. The fourth-order valence-corrected chi connectivity index (χ4v) is 8.56. The zero-order valence-corrected chi connectivity index (χ0v) is 28.7. The van der Waals surface area contributed by atoms with Crippen molar-refractivity contribution in [1.82, 2.24) is 24.9 Å². The van der Waals surface area contributed by atoms with Gasteiger partial charge >= 0.3 is 0 Å². The van der Waals surface area contributed by atoms with Crippen LogP contribution in [0.25, 0.3) is 11.5 Å². The summed E-state index contributed by atoms with van der Waals surface area (Å²) in [4.78, 5) is 30.1. The maximum atomic E-state index is 12.8. The van der Waals surface area contributed by atoms with Crippen LogP contribution < -0.4 is 15.4 Å². The lowest BCUT2D eigenvalue weighted by atomic mass is 9.71. The molecule has 1 amide bonds. The topological polar surface area (TPSA) is 147 Å². The molecule has 0 aromatic carbocycles. The third-order valence-corrected chi connectivity index (χ3v) is 11.0. The first-order chi connectivity index (χ1) is 22.6. The first-order valence-electron chi connectivity index (χ1n) is 16.4. The van der Waals surface area contributed by atoms with Gasteiger partial charge in [-0.1, -0.05) is 11.2 Å². The third-order valence-electron chi connectivity index (χ3n) is 9.91. The minimum absolute atomic E-state index is 0.00147. The van der Waals surface area contributed by atoms with Crippen molar-refractivity contribution in [3.05, 3.63) is 46.0 Å². The fourth-order valence-electron chi connectivity index (χ4n) is 7.36. The Hall–Kier alpha value is -3.99. The number of carbonyl (C=O) groups excluding carboxylic acids is 1. The van der Waals surface area contributed by atoms with Gasteiger partial charge in [0, 0.05) is 61.9 Å². The largest absolute Gasteiger partial charge is 0.473 e. The number of fused-ring (bicyclic) bond motifs is 1. The average Bonchev–Trinajstić information content (AvgIpc) is 3.80. The van der Waals surface area contributed by atoms with Gasteiger partial charge in [0.1, 0.15) is 28.8 Å². The van der Waals surface area contributed by atoms with E-state index < -0.39 is 5.41 Å². The summed E-state index contributed by atoms with van der Waals surface area (Å²) < 4.78 is 17.6. The Morgan fingerprint density at radius 3 is 2.85 bits per heavy atom. The van der Waals surface area contributed by atoms with E-state index in [1.165, 1.54) is 11.3 Å². The van der Waals surface area contributed by atoms with Gasteiger partial charge in [0.2, 0.25) is 11.8 Å². The van der Waals surface area contributed by atoms with Crippen LogP contribution in [0.1, 0.15) is 68.2 Å². The van der Waals surface area contributed by atoms with Crippen molar-refractivity contribution in [3.63, 3.8) is 0 Å². The Morgan fingerprint density at radius 2 is 2.13 bits per heavy atom. The molecule has 1 unspecified atom stereocenters. The molecule has 13 heteroatoms. The van der Waals surface area contributed by atoms with Crippen molar-refractivity contribution in [2.75, 3.05) is 57.6 Å². The van der Waals surface area contributed by atoms with Crippen LogP contribution in [0.5, 0.6) is 5.88 Å². The van der Waals surface area contributed by atoms with E-state index in [4.69, 9.17) is 29.7 Å². The number of thiophene rings is 1. The lowest BCUT2D eigenvalue weighted by Gasteiger charge is -2.40. The molecule has 3 aromatic rings. The monoisotopic (exact) mass is 660 g/mol. The molecular weight excluding hydrogens is 616 g/mol. The fraction of sp³-hybridized carbons (Fsp3) is 0.559. The lowest BCUT2D eigenvalue weighted by molar-refractivity contribution is -0.126. The normalized spacial score (nSPS) is 24.0. The van der Waals surface area contributed by atoms with Gasteiger partial charge in [-0.15, -0.1) is 11.3 Å². The molecule has 0 bridgehead atoms. The number of nitrogen functional groups attached to an aromatic ring is 1. The van der Waals surface area contributed by atoms with Gasteiger partial charge in [-0.2, -0.15) is 10.2 Å². The number of anilines is 2. The van der Waals surface area contributed by atoms with Gasteiger partial charge in [-0.05, 0) is 72.0 Å². The molecule has 4 atom stereocenters. The number of nitriles is 1. The number of likely N-dealkylation sites (N-methyl/N-ethyl adjacent to an activating group) is 1. The van der Waals surface area contributed by atoms with E-state index in [2.05, 4.69) is 48.8 Å². The van der Waals surface area contributed by atoms with Gasteiger partial charge in [-0.3, -0.25) is 9.69 Å². The quantitative estimate of drug-likeness (QED) is 0.326. The number of ether oxygens (including phenoxy) is 2. The van der Waals surface area contributed by atoms with Crippen LogP contribution in [0.2, 0.25) is 0 Å². The van der Waals surface area contributed by atoms with Gasteiger partial charge in [-0.25, -0.2) is 4.98 Å². The molecule has 0 radical (unpaired) electrons. The van der Waals surface area contributed by atoms with Crippen LogP contribution in [0.3, 0.4) is 0 Å². The molecule has 6 rings (SSSR count). The molecule has 2 saturated heterocycles. The summed E-state index contributed by atoms with van der Waals surface area (Å²) >= 11 is 1.49. The molecule has 5 heterocycles. The predicted octanol–water partition coefficient (Wildman–Crippen LogP) is 4.39. The zero-order valence-electron chi connectivity index (χ0n) is 27.9. The summed E-state index contributed by atoms with van der Waals surface area (Å²) in [6.45, 7) is 9.43. The lowest BCUT2D eigenvalue weighted by Crippen LogP contribution is -2.53. The number of aromatic nitrogens is 3. The second-order valence-electron chi connectivity index (χ2n) is 13.1. The number of piperazine rings is 1. The number of hydrogen-bond acceptors (Lipinski definition) is 12. The first kappa shape index (κ1) is 32.9. The Morgan fingerprint density at radius 1 is 1.30 bits per heavy atom. The molecular formula is C34H44N8O4S. The number of carbonyl (C=O) groups is 1. The van der Waals surface area contributed by atoms with Gasteiger partial charge < -0.3 is 29.5 Å². The Kier molecular flexibility index (Phi) is 9.55. The Balaban J connectivity index is 1.32. The van der Waals surface area contributed by atoms with Crippen molar-refractivity contribution in [2.24, 2.45) is 0 Å². The molecule has 47 heavy (non-hydrogen) atoms. The van der Waals surface area contributed by atoms with E-state index in [1.54, 1.807) is 19.3 Å². The van der Waals surface area contributed by atoms with E-state index in [0.717, 1.165) is 49.1 Å². The first-order valence-corrected chi connectivity index (χ1v) is 17.2. The predicted molar refractivity (Wildman–Crippen MR) is 181 cm³/mol. The average molecular weight is 661 g/mol. The highest BCUT2D eigenvalue weighted by Gasteiger charge is 2.42. The molecule has 3 aliphatic rings. The van der Waals surface area contributed by atoms with Crippen LogP contribution >= 0.6 is 11.3 Å². The number of hydrogen-bond donors (Lipinski definition) is 1. The third kappa shape index (κ3) is 6.46. The van der Waals surface area contributed by atoms with E-state index in [-0.39, 0.29) is 18.1 Å². The summed E-state index contributed by atoms with van der Waals surface area (Å²) in [5.74, 6) is 2.20. The number of rotatable bonds is 9. The van der Waals surface area contributed by atoms with Crippen molar-refractivity contribution < 1.29 is 18.8 Å². The van der Waals surface area contributed by atoms with Crippen LogP contribution in [0, 0.1) is 11.3 Å². The van der Waals surface area contributed by atoms with Crippen molar-refractivity contribution in [2.45, 2.75) is 76.5 Å². The number of nitrogens with two attached hydrogens (primary N) is 1. The SMILES string of the molecule is COC/C=C/C(=O)N1CCN(c2cc(O[C@@H](C)C3CCCN3C)nc(-c3cc([C@@]4(C)CCCc5sc(N)c(C#N)c54)on3)n2)[C@H](C)C1. The molecule has 2 fully saturated rings. The molecule has 0 spiro atoms. The highest BCUT2D eigenvalue weighted by Crippen LogP contribution is 2.49. The minimum atomic E-state index is -0.550. The molecule has 0 saturated carbocycles. The maximum Gasteiger partial charge on any atom is 0.246 e. The zero-order chi connectivity index (χ0) is 33.3. The summed E-state index contributed by atoms with van der Waals surface area (Å²) in [5.41, 5.74) is 7.69. The molecule has 12 nitrogen and oxygen atoms in total. The van der Waals surface area contributed by atoms with Crippen LogP contribution in [0.4, 0.5) is 10.8 Å². The molecule has 1 aliphatic carbocycles. The second kappa shape index (κ2) is 13.6. The smallest absolute Gasteiger partial charge is 0.246 e. The van der Waals surface area contributed by atoms with Gasteiger partial charge in [0.15, 0.2) is 11.5 Å². The van der Waals surface area contributed by atoms with Gasteiger partial charge in [0.05, 0.1) is 17.6 Å². The summed E-state index contributed by atoms with van der Waals surface area (Å²) in [5, 5.41) is 15.0. The second-order valence-corrected chi connectivity index (χ2v) is 14.2. The van der Waals surface area contributed by atoms with Crippen molar-refractivity contribution >= 4 is 28.1 Å². The minimum Gasteiger partial charge on any atom is -0.473 e.